The first-order valence-corrected chi connectivity index (χ1v) is 6.22. The summed E-state index contributed by atoms with van der Waals surface area (Å²) >= 11 is 0. The number of piperazine rings is 1. The zero-order valence-corrected chi connectivity index (χ0v) is 9.54. The molecule has 0 unspecified atom stereocenters. The molecular weight excluding hydrogens is 232 g/mol. The molecule has 0 atom stereocenters. The Labute approximate surface area is 92.9 Å². The molecule has 2 heterocycles. The van der Waals surface area contributed by atoms with E-state index in [1.165, 1.54) is 6.20 Å². The summed E-state index contributed by atoms with van der Waals surface area (Å²) in [6, 6.07) is 0. The van der Waals surface area contributed by atoms with Crippen molar-refractivity contribution in [2.75, 3.05) is 19.6 Å². The van der Waals surface area contributed by atoms with Gasteiger partial charge in [0.05, 0.1) is 18.4 Å². The van der Waals surface area contributed by atoms with E-state index in [9.17, 15) is 13.2 Å². The van der Waals surface area contributed by atoms with Crippen LogP contribution in [-0.2, 0) is 14.8 Å². The summed E-state index contributed by atoms with van der Waals surface area (Å²) in [4.78, 5) is 11.3. The van der Waals surface area contributed by atoms with Crippen molar-refractivity contribution in [2.24, 2.45) is 0 Å². The Balaban J connectivity index is 2.32. The van der Waals surface area contributed by atoms with Gasteiger partial charge in [0, 0.05) is 13.1 Å². The first-order valence-electron chi connectivity index (χ1n) is 4.78. The second-order valence-electron chi connectivity index (χ2n) is 3.55. The topological polar surface area (TPSA) is 95.2 Å². The third kappa shape index (κ3) is 1.81. The Bertz CT molecular complexity index is 507. The number of nitrogens with one attached hydrogen (secondary N) is 2. The molecule has 2 rings (SSSR count). The van der Waals surface area contributed by atoms with Crippen LogP contribution >= 0.6 is 0 Å². The van der Waals surface area contributed by atoms with Crippen LogP contribution < -0.4 is 5.32 Å². The molecule has 0 spiro atoms. The number of amides is 1. The number of hydrogen-bond acceptors (Lipinski definition) is 4. The highest BCUT2D eigenvalue weighted by atomic mass is 32.2. The number of H-pyrrole nitrogens is 1. The van der Waals surface area contributed by atoms with E-state index in [0.717, 1.165) is 4.31 Å². The maximum Gasteiger partial charge on any atom is 0.246 e. The van der Waals surface area contributed by atoms with Crippen LogP contribution in [0.4, 0.5) is 0 Å². The minimum atomic E-state index is -3.60. The molecule has 8 heteroatoms. The first-order chi connectivity index (χ1) is 7.51. The van der Waals surface area contributed by atoms with Gasteiger partial charge in [-0.05, 0) is 6.92 Å². The SMILES string of the molecule is Cc1[nH]ncc1S(=O)(=O)N1CCNC(=O)C1. The van der Waals surface area contributed by atoms with Crippen LogP contribution in [0.3, 0.4) is 0 Å². The number of rotatable bonds is 2. The summed E-state index contributed by atoms with van der Waals surface area (Å²) in [7, 11) is -3.60. The molecule has 1 saturated heterocycles. The molecule has 88 valence electrons. The number of carbonyl (C=O) groups is 1. The van der Waals surface area contributed by atoms with Gasteiger partial charge in [-0.1, -0.05) is 0 Å². The van der Waals surface area contributed by atoms with E-state index in [-0.39, 0.29) is 17.3 Å². The summed E-state index contributed by atoms with van der Waals surface area (Å²) in [6.45, 7) is 2.13. The largest absolute Gasteiger partial charge is 0.354 e. The van der Waals surface area contributed by atoms with Gasteiger partial charge in [0.1, 0.15) is 4.90 Å². The van der Waals surface area contributed by atoms with Crippen molar-refractivity contribution in [3.63, 3.8) is 0 Å². The highest BCUT2D eigenvalue weighted by Gasteiger charge is 2.30. The van der Waals surface area contributed by atoms with Gasteiger partial charge in [0.2, 0.25) is 15.9 Å². The number of sulfonamides is 1. The molecule has 1 fully saturated rings. The number of carbonyl (C=O) groups excluding carboxylic acids is 1. The molecule has 0 saturated carbocycles. The zero-order chi connectivity index (χ0) is 11.8. The zero-order valence-electron chi connectivity index (χ0n) is 8.73. The fourth-order valence-electron chi connectivity index (χ4n) is 1.56. The number of aromatic amines is 1. The average Bonchev–Trinajstić information content (AvgIpc) is 2.65. The van der Waals surface area contributed by atoms with Crippen molar-refractivity contribution in [2.45, 2.75) is 11.8 Å². The fraction of sp³-hybridized carbons (Fsp3) is 0.500. The van der Waals surface area contributed by atoms with E-state index in [4.69, 9.17) is 0 Å². The summed E-state index contributed by atoms with van der Waals surface area (Å²) in [5.74, 6) is -0.282. The Hall–Kier alpha value is -1.41. The maximum absolute atomic E-state index is 12.1. The van der Waals surface area contributed by atoms with Crippen LogP contribution in [0.5, 0.6) is 0 Å². The van der Waals surface area contributed by atoms with Gasteiger partial charge in [0.15, 0.2) is 0 Å². The normalized spacial score (nSPS) is 18.4. The van der Waals surface area contributed by atoms with Crippen molar-refractivity contribution in [1.29, 1.82) is 0 Å². The van der Waals surface area contributed by atoms with Gasteiger partial charge in [-0.25, -0.2) is 8.42 Å². The van der Waals surface area contributed by atoms with Crippen LogP contribution in [0, 0.1) is 6.92 Å². The van der Waals surface area contributed by atoms with Crippen molar-refractivity contribution in [3.8, 4) is 0 Å². The van der Waals surface area contributed by atoms with Crippen molar-refractivity contribution in [3.05, 3.63) is 11.9 Å². The third-order valence-electron chi connectivity index (χ3n) is 2.40. The minimum Gasteiger partial charge on any atom is -0.354 e. The Kier molecular flexibility index (Phi) is 2.68. The van der Waals surface area contributed by atoms with Crippen molar-refractivity contribution < 1.29 is 13.2 Å². The smallest absolute Gasteiger partial charge is 0.246 e. The Morgan fingerprint density at radius 3 is 2.81 bits per heavy atom. The Morgan fingerprint density at radius 1 is 1.50 bits per heavy atom. The molecule has 1 aromatic rings. The van der Waals surface area contributed by atoms with Crippen LogP contribution in [0.2, 0.25) is 0 Å². The van der Waals surface area contributed by atoms with Gasteiger partial charge in [0.25, 0.3) is 0 Å². The molecule has 1 aliphatic heterocycles. The third-order valence-corrected chi connectivity index (χ3v) is 4.36. The standard InChI is InChI=1S/C8H12N4O3S/c1-6-7(4-10-11-6)16(14,15)12-3-2-9-8(13)5-12/h4H,2-3,5H2,1H3,(H,9,13)(H,10,11). The Morgan fingerprint density at radius 2 is 2.25 bits per heavy atom. The van der Waals surface area contributed by atoms with Gasteiger partial charge in [-0.15, -0.1) is 0 Å². The lowest BCUT2D eigenvalue weighted by Gasteiger charge is -2.25. The molecule has 1 aromatic heterocycles. The second-order valence-corrected chi connectivity index (χ2v) is 5.45. The quantitative estimate of drug-likeness (QED) is 0.686. The molecule has 0 bridgehead atoms. The molecule has 0 aromatic carbocycles. The van der Waals surface area contributed by atoms with Gasteiger partial charge < -0.3 is 5.32 Å². The van der Waals surface area contributed by atoms with E-state index in [2.05, 4.69) is 15.5 Å². The predicted molar refractivity (Wildman–Crippen MR) is 55.1 cm³/mol. The summed E-state index contributed by atoms with van der Waals surface area (Å²) in [5, 5.41) is 8.81. The number of hydrogen-bond donors (Lipinski definition) is 2. The highest BCUT2D eigenvalue weighted by Crippen LogP contribution is 2.17. The van der Waals surface area contributed by atoms with Crippen LogP contribution in [0.15, 0.2) is 11.1 Å². The van der Waals surface area contributed by atoms with Crippen molar-refractivity contribution >= 4 is 15.9 Å². The monoisotopic (exact) mass is 244 g/mol. The number of nitrogens with zero attached hydrogens (tertiary/aromatic N) is 2. The lowest BCUT2D eigenvalue weighted by molar-refractivity contribution is -0.122. The fourth-order valence-corrected chi connectivity index (χ4v) is 3.07. The summed E-state index contributed by atoms with van der Waals surface area (Å²) < 4.78 is 25.4. The van der Waals surface area contributed by atoms with E-state index in [1.54, 1.807) is 6.92 Å². The highest BCUT2D eigenvalue weighted by molar-refractivity contribution is 7.89. The molecule has 1 aliphatic rings. The lowest BCUT2D eigenvalue weighted by Crippen LogP contribution is -2.49. The second kappa shape index (κ2) is 3.87. The van der Waals surface area contributed by atoms with Crippen LogP contribution in [-0.4, -0.2) is 48.5 Å². The molecule has 2 N–H and O–H groups in total. The molecule has 1 amide bonds. The molecule has 0 aliphatic carbocycles. The van der Waals surface area contributed by atoms with Crippen molar-refractivity contribution in [1.82, 2.24) is 19.8 Å². The number of aromatic nitrogens is 2. The van der Waals surface area contributed by atoms with Crippen LogP contribution in [0.25, 0.3) is 0 Å². The van der Waals surface area contributed by atoms with E-state index in [0.29, 0.717) is 18.8 Å². The van der Waals surface area contributed by atoms with Crippen LogP contribution in [0.1, 0.15) is 5.69 Å². The van der Waals surface area contributed by atoms with Gasteiger partial charge in [-0.2, -0.15) is 9.40 Å². The van der Waals surface area contributed by atoms with E-state index in [1.807, 2.05) is 0 Å². The predicted octanol–water partition coefficient (Wildman–Crippen LogP) is -1.16. The average molecular weight is 244 g/mol. The molecule has 0 radical (unpaired) electrons. The van der Waals surface area contributed by atoms with E-state index >= 15 is 0 Å². The van der Waals surface area contributed by atoms with E-state index < -0.39 is 10.0 Å². The molecule has 7 nitrogen and oxygen atoms in total. The lowest BCUT2D eigenvalue weighted by atomic mass is 10.4. The van der Waals surface area contributed by atoms with Gasteiger partial charge in [-0.3, -0.25) is 9.89 Å². The summed E-state index contributed by atoms with van der Waals surface area (Å²) in [6.07, 6.45) is 1.26. The first kappa shape index (κ1) is 11.1. The maximum atomic E-state index is 12.1. The molecular formula is C8H12N4O3S. The summed E-state index contributed by atoms with van der Waals surface area (Å²) in [5.41, 5.74) is 0.478. The molecule has 16 heavy (non-hydrogen) atoms. The number of aryl methyl sites for hydroxylation is 1. The van der Waals surface area contributed by atoms with Gasteiger partial charge >= 0.3 is 0 Å². The minimum absolute atomic E-state index is 0.127.